The molecule has 2 nitrogen and oxygen atoms in total. The van der Waals surface area contributed by atoms with Gasteiger partial charge < -0.3 is 4.90 Å². The van der Waals surface area contributed by atoms with E-state index in [4.69, 9.17) is 11.6 Å². The predicted octanol–water partition coefficient (Wildman–Crippen LogP) is 3.60. The number of thiol groups is 1. The molecule has 0 heterocycles. The van der Waals surface area contributed by atoms with Gasteiger partial charge in [-0.3, -0.25) is 4.79 Å². The summed E-state index contributed by atoms with van der Waals surface area (Å²) in [5.74, 6) is 0. The Morgan fingerprint density at radius 2 is 2.00 bits per heavy atom. The number of hydrogen-bond donors (Lipinski definition) is 1. The minimum Gasteiger partial charge on any atom is -0.330 e. The maximum absolute atomic E-state index is 11.2. The van der Waals surface area contributed by atoms with Crippen molar-refractivity contribution in [2.75, 3.05) is 6.54 Å². The molecule has 0 unspecified atom stereocenters. The molecule has 0 aliphatic heterocycles. The third kappa shape index (κ3) is 4.14. The Morgan fingerprint density at radius 1 is 1.40 bits per heavy atom. The van der Waals surface area contributed by atoms with Crippen LogP contribution in [-0.2, 0) is 6.54 Å². The average molecular weight is 244 g/mol. The van der Waals surface area contributed by atoms with E-state index in [9.17, 15) is 4.79 Å². The van der Waals surface area contributed by atoms with Crippen molar-refractivity contribution in [1.82, 2.24) is 4.90 Å². The van der Waals surface area contributed by atoms with Gasteiger partial charge in [0, 0.05) is 18.1 Å². The molecule has 15 heavy (non-hydrogen) atoms. The van der Waals surface area contributed by atoms with Gasteiger partial charge in [-0.15, -0.1) is 0 Å². The SMILES string of the molecule is CCCN(Cc1ccc(Cl)cc1)C(=O)S. The van der Waals surface area contributed by atoms with Gasteiger partial charge in [-0.05, 0) is 24.1 Å². The second-order valence-electron chi connectivity index (χ2n) is 3.33. The maximum atomic E-state index is 11.2. The molecular formula is C11H14ClNOS. The maximum Gasteiger partial charge on any atom is 0.278 e. The lowest BCUT2D eigenvalue weighted by Gasteiger charge is -2.19. The van der Waals surface area contributed by atoms with Gasteiger partial charge in [-0.25, -0.2) is 0 Å². The van der Waals surface area contributed by atoms with Crippen molar-refractivity contribution in [3.63, 3.8) is 0 Å². The van der Waals surface area contributed by atoms with Crippen molar-refractivity contribution < 1.29 is 4.79 Å². The number of halogens is 1. The Labute approximate surface area is 101 Å². The summed E-state index contributed by atoms with van der Waals surface area (Å²) >= 11 is 9.61. The fourth-order valence-electron chi connectivity index (χ4n) is 1.32. The van der Waals surface area contributed by atoms with E-state index in [1.165, 1.54) is 0 Å². The molecule has 0 aromatic heterocycles. The molecule has 0 N–H and O–H groups in total. The van der Waals surface area contributed by atoms with E-state index < -0.39 is 0 Å². The quantitative estimate of drug-likeness (QED) is 0.802. The summed E-state index contributed by atoms with van der Waals surface area (Å²) in [6, 6.07) is 7.48. The van der Waals surface area contributed by atoms with Gasteiger partial charge in [0.05, 0.1) is 0 Å². The van der Waals surface area contributed by atoms with E-state index in [-0.39, 0.29) is 5.24 Å². The molecule has 1 rings (SSSR count). The lowest BCUT2D eigenvalue weighted by Crippen LogP contribution is -2.26. The van der Waals surface area contributed by atoms with Gasteiger partial charge in [-0.1, -0.05) is 43.3 Å². The molecule has 4 heteroatoms. The van der Waals surface area contributed by atoms with E-state index in [0.29, 0.717) is 11.6 Å². The van der Waals surface area contributed by atoms with Crippen molar-refractivity contribution in [1.29, 1.82) is 0 Å². The number of carbonyl (C=O) groups is 1. The van der Waals surface area contributed by atoms with Gasteiger partial charge in [0.1, 0.15) is 0 Å². The zero-order valence-electron chi connectivity index (χ0n) is 8.61. The Balaban J connectivity index is 2.65. The molecule has 0 fully saturated rings. The van der Waals surface area contributed by atoms with Crippen molar-refractivity contribution in [2.24, 2.45) is 0 Å². The van der Waals surface area contributed by atoms with Crippen LogP contribution in [0.2, 0.25) is 5.02 Å². The summed E-state index contributed by atoms with van der Waals surface area (Å²) in [6.07, 6.45) is 0.930. The zero-order valence-corrected chi connectivity index (χ0v) is 10.3. The number of amides is 1. The van der Waals surface area contributed by atoms with Crippen molar-refractivity contribution >= 4 is 29.5 Å². The van der Waals surface area contributed by atoms with E-state index >= 15 is 0 Å². The van der Waals surface area contributed by atoms with Crippen LogP contribution in [-0.4, -0.2) is 16.7 Å². The molecule has 0 saturated heterocycles. The summed E-state index contributed by atoms with van der Waals surface area (Å²) in [5, 5.41) is 0.518. The highest BCUT2D eigenvalue weighted by atomic mass is 35.5. The lowest BCUT2D eigenvalue weighted by molar-refractivity contribution is 0.221. The monoisotopic (exact) mass is 243 g/mol. The van der Waals surface area contributed by atoms with Crippen LogP contribution >= 0.6 is 24.2 Å². The van der Waals surface area contributed by atoms with Gasteiger partial charge >= 0.3 is 0 Å². The lowest BCUT2D eigenvalue weighted by atomic mass is 10.2. The second kappa shape index (κ2) is 6.03. The number of nitrogens with zero attached hydrogens (tertiary/aromatic N) is 1. The fourth-order valence-corrected chi connectivity index (χ4v) is 1.62. The summed E-state index contributed by atoms with van der Waals surface area (Å²) in [5.41, 5.74) is 1.07. The highest BCUT2D eigenvalue weighted by Gasteiger charge is 2.08. The standard InChI is InChI=1S/C11H14ClNOS/c1-2-7-13(11(14)15)8-9-3-5-10(12)6-4-9/h3-6H,2,7-8H2,1H3,(H,14,15). The summed E-state index contributed by atoms with van der Waals surface area (Å²) in [4.78, 5) is 12.9. The molecule has 0 aliphatic rings. The van der Waals surface area contributed by atoms with Gasteiger partial charge in [0.25, 0.3) is 5.24 Å². The van der Waals surface area contributed by atoms with Crippen LogP contribution in [0.1, 0.15) is 18.9 Å². The normalized spacial score (nSPS) is 10.1. The van der Waals surface area contributed by atoms with Crippen LogP contribution in [0.4, 0.5) is 4.79 Å². The summed E-state index contributed by atoms with van der Waals surface area (Å²) in [6.45, 7) is 3.35. The Morgan fingerprint density at radius 3 is 2.47 bits per heavy atom. The Hall–Kier alpha value is -0.670. The molecule has 0 spiro atoms. The first-order valence-electron chi connectivity index (χ1n) is 4.85. The minimum atomic E-state index is -0.188. The van der Waals surface area contributed by atoms with E-state index in [2.05, 4.69) is 12.6 Å². The minimum absolute atomic E-state index is 0.188. The largest absolute Gasteiger partial charge is 0.330 e. The van der Waals surface area contributed by atoms with Gasteiger partial charge in [0.15, 0.2) is 0 Å². The molecule has 0 saturated carbocycles. The number of hydrogen-bond acceptors (Lipinski definition) is 1. The molecule has 0 atom stereocenters. The van der Waals surface area contributed by atoms with E-state index in [1.807, 2.05) is 31.2 Å². The molecule has 0 bridgehead atoms. The van der Waals surface area contributed by atoms with E-state index in [0.717, 1.165) is 18.5 Å². The van der Waals surface area contributed by atoms with Crippen LogP contribution in [0.5, 0.6) is 0 Å². The Kier molecular flexibility index (Phi) is 4.99. The first kappa shape index (κ1) is 12.4. The second-order valence-corrected chi connectivity index (χ2v) is 4.15. The zero-order chi connectivity index (χ0) is 11.3. The van der Waals surface area contributed by atoms with Crippen LogP contribution in [0.25, 0.3) is 0 Å². The predicted molar refractivity (Wildman–Crippen MR) is 66.5 cm³/mol. The van der Waals surface area contributed by atoms with Gasteiger partial charge in [-0.2, -0.15) is 0 Å². The smallest absolute Gasteiger partial charge is 0.278 e. The third-order valence-corrected chi connectivity index (χ3v) is 2.59. The molecule has 0 radical (unpaired) electrons. The fraction of sp³-hybridized carbons (Fsp3) is 0.364. The summed E-state index contributed by atoms with van der Waals surface area (Å²) in [7, 11) is 0. The molecule has 82 valence electrons. The molecular weight excluding hydrogens is 230 g/mol. The third-order valence-electron chi connectivity index (χ3n) is 2.05. The average Bonchev–Trinajstić information content (AvgIpc) is 2.20. The Bertz CT molecular complexity index is 326. The highest BCUT2D eigenvalue weighted by molar-refractivity contribution is 7.96. The van der Waals surface area contributed by atoms with Crippen LogP contribution in [0.15, 0.2) is 24.3 Å². The number of carbonyl (C=O) groups excluding carboxylic acids is 1. The van der Waals surface area contributed by atoms with Crippen molar-refractivity contribution in [2.45, 2.75) is 19.9 Å². The highest BCUT2D eigenvalue weighted by Crippen LogP contribution is 2.12. The first-order valence-corrected chi connectivity index (χ1v) is 5.68. The molecule has 1 aromatic carbocycles. The van der Waals surface area contributed by atoms with Crippen molar-refractivity contribution in [3.05, 3.63) is 34.9 Å². The van der Waals surface area contributed by atoms with Gasteiger partial charge in [0.2, 0.25) is 0 Å². The number of rotatable bonds is 4. The molecule has 0 aliphatic carbocycles. The van der Waals surface area contributed by atoms with E-state index in [1.54, 1.807) is 4.90 Å². The summed E-state index contributed by atoms with van der Waals surface area (Å²) < 4.78 is 0. The number of benzene rings is 1. The molecule has 1 amide bonds. The van der Waals surface area contributed by atoms with Crippen LogP contribution in [0, 0.1) is 0 Å². The first-order chi connectivity index (χ1) is 7.13. The van der Waals surface area contributed by atoms with Crippen LogP contribution < -0.4 is 0 Å². The molecule has 1 aromatic rings. The topological polar surface area (TPSA) is 20.3 Å². The van der Waals surface area contributed by atoms with Crippen molar-refractivity contribution in [3.8, 4) is 0 Å². The van der Waals surface area contributed by atoms with Crippen LogP contribution in [0.3, 0.4) is 0 Å².